The molecule has 1 heterocycles. The minimum absolute atomic E-state index is 0.135. The molecule has 20 heavy (non-hydrogen) atoms. The topological polar surface area (TPSA) is 64.4 Å². The van der Waals surface area contributed by atoms with Gasteiger partial charge in [-0.15, -0.1) is 0 Å². The molecule has 0 bridgehead atoms. The number of nitrogens with one attached hydrogen (secondary N) is 1. The van der Waals surface area contributed by atoms with Gasteiger partial charge < -0.3 is 10.1 Å². The number of hydrogen-bond donors (Lipinski definition) is 1. The van der Waals surface area contributed by atoms with Gasteiger partial charge in [0.25, 0.3) is 5.69 Å². The number of nitro groups is 1. The predicted octanol–water partition coefficient (Wildman–Crippen LogP) is 3.66. The lowest BCUT2D eigenvalue weighted by molar-refractivity contribution is -0.384. The van der Waals surface area contributed by atoms with Gasteiger partial charge >= 0.3 is 0 Å². The molecule has 2 atom stereocenters. The zero-order chi connectivity index (χ0) is 14.5. The highest BCUT2D eigenvalue weighted by atomic mass is 16.6. The number of nitrogens with zero attached hydrogens (tertiary/aromatic N) is 1. The van der Waals surface area contributed by atoms with Crippen molar-refractivity contribution in [3.8, 4) is 0 Å². The van der Waals surface area contributed by atoms with Gasteiger partial charge in [0.1, 0.15) is 0 Å². The van der Waals surface area contributed by atoms with E-state index in [-0.39, 0.29) is 10.6 Å². The van der Waals surface area contributed by atoms with Crippen molar-refractivity contribution in [2.45, 2.75) is 51.7 Å². The lowest BCUT2D eigenvalue weighted by Crippen LogP contribution is -2.34. The highest BCUT2D eigenvalue weighted by molar-refractivity contribution is 5.57. The van der Waals surface area contributed by atoms with Gasteiger partial charge in [0.2, 0.25) is 0 Å². The van der Waals surface area contributed by atoms with Crippen LogP contribution in [0.25, 0.3) is 0 Å². The van der Waals surface area contributed by atoms with Crippen molar-refractivity contribution in [2.24, 2.45) is 0 Å². The van der Waals surface area contributed by atoms with Crippen LogP contribution < -0.4 is 5.32 Å². The zero-order valence-corrected chi connectivity index (χ0v) is 12.1. The first-order chi connectivity index (χ1) is 9.60. The molecule has 0 aromatic heterocycles. The maximum Gasteiger partial charge on any atom is 0.271 e. The summed E-state index contributed by atoms with van der Waals surface area (Å²) in [4.78, 5) is 10.5. The van der Waals surface area contributed by atoms with Crippen molar-refractivity contribution in [1.29, 1.82) is 0 Å². The van der Waals surface area contributed by atoms with E-state index in [1.165, 1.54) is 0 Å². The number of nitro benzene ring substituents is 1. The maximum atomic E-state index is 10.9. The second-order valence-corrected chi connectivity index (χ2v) is 5.40. The largest absolute Gasteiger partial charge is 0.382 e. The fourth-order valence-electron chi connectivity index (χ4n) is 2.63. The molecule has 0 spiro atoms. The normalized spacial score (nSPS) is 22.5. The van der Waals surface area contributed by atoms with E-state index in [9.17, 15) is 10.1 Å². The van der Waals surface area contributed by atoms with Crippen LogP contribution in [-0.4, -0.2) is 23.7 Å². The highest BCUT2D eigenvalue weighted by Gasteiger charge is 2.22. The van der Waals surface area contributed by atoms with Gasteiger partial charge in [-0.3, -0.25) is 10.1 Å². The summed E-state index contributed by atoms with van der Waals surface area (Å²) in [6, 6.07) is 5.30. The van der Waals surface area contributed by atoms with Gasteiger partial charge in [-0.25, -0.2) is 0 Å². The molecule has 0 aliphatic carbocycles. The van der Waals surface area contributed by atoms with Gasteiger partial charge in [0.15, 0.2) is 0 Å². The van der Waals surface area contributed by atoms with Crippen molar-refractivity contribution < 1.29 is 9.66 Å². The molecule has 5 heteroatoms. The summed E-state index contributed by atoms with van der Waals surface area (Å²) < 4.78 is 5.73. The van der Waals surface area contributed by atoms with Crippen LogP contribution in [0.2, 0.25) is 0 Å². The van der Waals surface area contributed by atoms with Crippen molar-refractivity contribution in [2.75, 3.05) is 11.9 Å². The summed E-state index contributed by atoms with van der Waals surface area (Å²) in [5, 5.41) is 14.3. The summed E-state index contributed by atoms with van der Waals surface area (Å²) in [7, 11) is 0. The Morgan fingerprint density at radius 2 is 2.30 bits per heavy atom. The maximum absolute atomic E-state index is 10.9. The number of aryl methyl sites for hydroxylation is 1. The van der Waals surface area contributed by atoms with Crippen LogP contribution in [0.5, 0.6) is 0 Å². The Kier molecular flexibility index (Phi) is 4.95. The standard InChI is InChI=1S/C15H22N2O3/c1-3-4-14-9-12(7-8-20-14)16-15-10-13(17(18)19)6-5-11(15)2/h5-6,10,12,14,16H,3-4,7-9H2,1-2H3. The first kappa shape index (κ1) is 14.8. The molecule has 5 nitrogen and oxygen atoms in total. The smallest absolute Gasteiger partial charge is 0.271 e. The van der Waals surface area contributed by atoms with E-state index in [1.54, 1.807) is 18.2 Å². The van der Waals surface area contributed by atoms with Crippen LogP contribution in [0.1, 0.15) is 38.2 Å². The van der Waals surface area contributed by atoms with Gasteiger partial charge in [-0.1, -0.05) is 19.4 Å². The Hall–Kier alpha value is -1.62. The van der Waals surface area contributed by atoms with E-state index in [0.717, 1.165) is 43.5 Å². The Labute approximate surface area is 119 Å². The molecule has 0 radical (unpaired) electrons. The fraction of sp³-hybridized carbons (Fsp3) is 0.600. The number of benzene rings is 1. The summed E-state index contributed by atoms with van der Waals surface area (Å²) in [5.74, 6) is 0. The molecule has 1 aliphatic heterocycles. The third kappa shape index (κ3) is 3.70. The molecular formula is C15H22N2O3. The van der Waals surface area contributed by atoms with E-state index in [0.29, 0.717) is 12.1 Å². The molecule has 1 aromatic carbocycles. The van der Waals surface area contributed by atoms with Gasteiger partial charge in [-0.2, -0.15) is 0 Å². The van der Waals surface area contributed by atoms with E-state index in [1.807, 2.05) is 6.92 Å². The molecule has 1 aromatic rings. The molecule has 1 N–H and O–H groups in total. The first-order valence-electron chi connectivity index (χ1n) is 7.23. The Balaban J connectivity index is 2.05. The SMILES string of the molecule is CCCC1CC(Nc2cc([N+](=O)[O-])ccc2C)CCO1. The third-order valence-corrected chi connectivity index (χ3v) is 3.77. The van der Waals surface area contributed by atoms with Crippen LogP contribution in [0.3, 0.4) is 0 Å². The van der Waals surface area contributed by atoms with Crippen LogP contribution in [0.4, 0.5) is 11.4 Å². The Bertz CT molecular complexity index is 474. The summed E-state index contributed by atoms with van der Waals surface area (Å²) >= 11 is 0. The molecule has 0 saturated carbocycles. The monoisotopic (exact) mass is 278 g/mol. The fourth-order valence-corrected chi connectivity index (χ4v) is 2.63. The van der Waals surface area contributed by atoms with Crippen LogP contribution in [0, 0.1) is 17.0 Å². The lowest BCUT2D eigenvalue weighted by Gasteiger charge is -2.31. The number of ether oxygens (including phenoxy) is 1. The second-order valence-electron chi connectivity index (χ2n) is 5.40. The van der Waals surface area contributed by atoms with Crippen LogP contribution in [0.15, 0.2) is 18.2 Å². The summed E-state index contributed by atoms with van der Waals surface area (Å²) in [6.45, 7) is 4.89. The quantitative estimate of drug-likeness (QED) is 0.659. The molecule has 0 amide bonds. The minimum atomic E-state index is -0.353. The number of anilines is 1. The predicted molar refractivity (Wildman–Crippen MR) is 79.1 cm³/mol. The third-order valence-electron chi connectivity index (χ3n) is 3.77. The molecule has 2 unspecified atom stereocenters. The average Bonchev–Trinajstić information content (AvgIpc) is 2.42. The molecule has 2 rings (SSSR count). The molecule has 1 fully saturated rings. The van der Waals surface area contributed by atoms with Gasteiger partial charge in [-0.05, 0) is 31.7 Å². The van der Waals surface area contributed by atoms with Gasteiger partial charge in [0, 0.05) is 30.5 Å². The van der Waals surface area contributed by atoms with E-state index in [2.05, 4.69) is 12.2 Å². The average molecular weight is 278 g/mol. The highest BCUT2D eigenvalue weighted by Crippen LogP contribution is 2.26. The van der Waals surface area contributed by atoms with E-state index in [4.69, 9.17) is 4.74 Å². The zero-order valence-electron chi connectivity index (χ0n) is 12.1. The minimum Gasteiger partial charge on any atom is -0.382 e. The molecule has 110 valence electrons. The van der Waals surface area contributed by atoms with Crippen LogP contribution in [-0.2, 0) is 4.74 Å². The number of non-ortho nitro benzene ring substituents is 1. The molecule has 1 saturated heterocycles. The molecular weight excluding hydrogens is 256 g/mol. The van der Waals surface area contributed by atoms with Crippen LogP contribution >= 0.6 is 0 Å². The van der Waals surface area contributed by atoms with Gasteiger partial charge in [0.05, 0.1) is 11.0 Å². The van der Waals surface area contributed by atoms with E-state index < -0.39 is 0 Å². The van der Waals surface area contributed by atoms with Crippen molar-refractivity contribution in [3.63, 3.8) is 0 Å². The first-order valence-corrected chi connectivity index (χ1v) is 7.23. The lowest BCUT2D eigenvalue weighted by atomic mass is 9.99. The molecule has 1 aliphatic rings. The number of hydrogen-bond acceptors (Lipinski definition) is 4. The van der Waals surface area contributed by atoms with Crippen molar-refractivity contribution >= 4 is 11.4 Å². The van der Waals surface area contributed by atoms with Crippen molar-refractivity contribution in [1.82, 2.24) is 0 Å². The summed E-state index contributed by atoms with van der Waals surface area (Å²) in [5.41, 5.74) is 2.03. The number of rotatable bonds is 5. The van der Waals surface area contributed by atoms with E-state index >= 15 is 0 Å². The Morgan fingerprint density at radius 3 is 3.00 bits per heavy atom. The Morgan fingerprint density at radius 1 is 1.50 bits per heavy atom. The second kappa shape index (κ2) is 6.70. The summed E-state index contributed by atoms with van der Waals surface area (Å²) in [6.07, 6.45) is 4.42. The van der Waals surface area contributed by atoms with Crippen molar-refractivity contribution in [3.05, 3.63) is 33.9 Å².